The van der Waals surface area contributed by atoms with E-state index in [1.54, 1.807) is 53.4 Å². The summed E-state index contributed by atoms with van der Waals surface area (Å²) < 4.78 is 13.3. The molecule has 7 nitrogen and oxygen atoms in total. The number of fused-ring (bicyclic) bond motifs is 4. The maximum atomic E-state index is 14.2. The average molecular weight is 579 g/mol. The van der Waals surface area contributed by atoms with E-state index in [0.717, 1.165) is 32.6 Å². The van der Waals surface area contributed by atoms with E-state index >= 15 is 0 Å². The van der Waals surface area contributed by atoms with Crippen molar-refractivity contribution in [1.29, 1.82) is 0 Å². The van der Waals surface area contributed by atoms with Gasteiger partial charge >= 0.3 is 6.03 Å². The Morgan fingerprint density at radius 1 is 0.952 bits per heavy atom. The standard InChI is InChI=1S/C33H24ClFN4O3/c34-21-7-5-6-20(16-21)30-29-25(23-8-1-3-10-26(23)37-29)17-28-32(41)39(33(42)38(28)30)27-11-4-2-9-24(27)31(40)36-18-19-12-14-22(35)15-13-19/h1-16,28,30,37H,17-18H2,(H,36,40). The SMILES string of the molecule is O=C(NCc1ccc(F)cc1)c1ccccc1N1C(=O)C2Cc3c([nH]c4ccccc34)C(c3cccc(Cl)c3)N2C1=O. The van der Waals surface area contributed by atoms with Gasteiger partial charge in [0.05, 0.1) is 11.3 Å². The second kappa shape index (κ2) is 10.2. The van der Waals surface area contributed by atoms with E-state index in [4.69, 9.17) is 11.6 Å². The molecule has 0 spiro atoms. The highest BCUT2D eigenvalue weighted by molar-refractivity contribution is 6.30. The number of carbonyl (C=O) groups excluding carboxylic acids is 3. The van der Waals surface area contributed by atoms with Gasteiger partial charge in [0.2, 0.25) is 0 Å². The van der Waals surface area contributed by atoms with Crippen molar-refractivity contribution in [3.05, 3.63) is 136 Å². The van der Waals surface area contributed by atoms with Gasteiger partial charge < -0.3 is 10.3 Å². The second-order valence-corrected chi connectivity index (χ2v) is 10.9. The Balaban J connectivity index is 1.27. The van der Waals surface area contributed by atoms with Crippen molar-refractivity contribution >= 4 is 46.0 Å². The number of H-pyrrole nitrogens is 1. The number of hydrogen-bond acceptors (Lipinski definition) is 3. The highest BCUT2D eigenvalue weighted by atomic mass is 35.5. The molecule has 208 valence electrons. The number of benzene rings is 4. The summed E-state index contributed by atoms with van der Waals surface area (Å²) in [5, 5.41) is 4.34. The molecule has 1 saturated heterocycles. The number of halogens is 2. The lowest BCUT2D eigenvalue weighted by molar-refractivity contribution is -0.120. The van der Waals surface area contributed by atoms with Crippen LogP contribution in [0.4, 0.5) is 14.9 Å². The average Bonchev–Trinajstić information content (AvgIpc) is 3.49. The molecule has 2 aliphatic heterocycles. The van der Waals surface area contributed by atoms with E-state index in [1.807, 2.05) is 36.4 Å². The largest absolute Gasteiger partial charge is 0.356 e. The highest BCUT2D eigenvalue weighted by Gasteiger charge is 2.53. The van der Waals surface area contributed by atoms with Crippen LogP contribution in [0.3, 0.4) is 0 Å². The molecular formula is C33H24ClFN4O3. The maximum Gasteiger partial charge on any atom is 0.332 e. The summed E-state index contributed by atoms with van der Waals surface area (Å²) in [6.07, 6.45) is 0.330. The Hall–Kier alpha value is -4.95. The zero-order chi connectivity index (χ0) is 29.0. The van der Waals surface area contributed by atoms with Crippen LogP contribution in [0, 0.1) is 5.82 Å². The number of amides is 4. The minimum Gasteiger partial charge on any atom is -0.356 e. The van der Waals surface area contributed by atoms with Gasteiger partial charge in [-0.1, -0.05) is 66.2 Å². The zero-order valence-corrected chi connectivity index (χ0v) is 22.9. The number of rotatable bonds is 5. The molecule has 0 aliphatic carbocycles. The Morgan fingerprint density at radius 3 is 2.52 bits per heavy atom. The van der Waals surface area contributed by atoms with Crippen molar-refractivity contribution in [3.63, 3.8) is 0 Å². The van der Waals surface area contributed by atoms with Crippen LogP contribution in [0.25, 0.3) is 10.9 Å². The Morgan fingerprint density at radius 2 is 1.71 bits per heavy atom. The number of hydrogen-bond donors (Lipinski definition) is 2. The Bertz CT molecular complexity index is 1890. The van der Waals surface area contributed by atoms with Crippen LogP contribution >= 0.6 is 11.6 Å². The summed E-state index contributed by atoms with van der Waals surface area (Å²) in [6.45, 7) is 0.155. The van der Waals surface area contributed by atoms with Gasteiger partial charge in [0.25, 0.3) is 11.8 Å². The van der Waals surface area contributed by atoms with Gasteiger partial charge in [0, 0.05) is 34.6 Å². The molecule has 0 bridgehead atoms. The Kier molecular flexibility index (Phi) is 6.28. The molecule has 1 aromatic heterocycles. The minimum absolute atomic E-state index is 0.155. The summed E-state index contributed by atoms with van der Waals surface area (Å²) in [6, 6.07) is 25.6. The van der Waals surface area contributed by atoms with Gasteiger partial charge in [-0.3, -0.25) is 14.5 Å². The first-order valence-electron chi connectivity index (χ1n) is 13.5. The minimum atomic E-state index is -0.775. The predicted octanol–water partition coefficient (Wildman–Crippen LogP) is 6.37. The van der Waals surface area contributed by atoms with Crippen LogP contribution in [0.15, 0.2) is 97.1 Å². The molecule has 4 amide bonds. The number of aromatic amines is 1. The normalized spacial score (nSPS) is 17.9. The lowest BCUT2D eigenvalue weighted by Crippen LogP contribution is -2.44. The van der Waals surface area contributed by atoms with Crippen molar-refractivity contribution < 1.29 is 18.8 Å². The highest BCUT2D eigenvalue weighted by Crippen LogP contribution is 2.45. The molecule has 0 saturated carbocycles. The molecule has 9 heteroatoms. The van der Waals surface area contributed by atoms with Gasteiger partial charge in [-0.15, -0.1) is 0 Å². The smallest absolute Gasteiger partial charge is 0.332 e. The van der Waals surface area contributed by atoms with Crippen molar-refractivity contribution in [2.75, 3.05) is 4.90 Å². The van der Waals surface area contributed by atoms with Crippen molar-refractivity contribution in [2.24, 2.45) is 0 Å². The zero-order valence-electron chi connectivity index (χ0n) is 22.2. The van der Waals surface area contributed by atoms with E-state index < -0.39 is 29.9 Å². The first kappa shape index (κ1) is 26.0. The maximum absolute atomic E-state index is 14.2. The third kappa shape index (κ3) is 4.23. The van der Waals surface area contributed by atoms with Crippen molar-refractivity contribution in [2.45, 2.75) is 25.0 Å². The molecule has 1 fully saturated rings. The van der Waals surface area contributed by atoms with E-state index in [0.29, 0.717) is 17.0 Å². The summed E-state index contributed by atoms with van der Waals surface area (Å²) in [5.74, 6) is -1.22. The molecular weight excluding hydrogens is 555 g/mol. The van der Waals surface area contributed by atoms with E-state index in [1.165, 1.54) is 12.1 Å². The number of nitrogens with one attached hydrogen (secondary N) is 2. The number of imide groups is 1. The third-order valence-corrected chi connectivity index (χ3v) is 8.20. The van der Waals surface area contributed by atoms with Crippen molar-refractivity contribution in [1.82, 2.24) is 15.2 Å². The number of nitrogens with zero attached hydrogens (tertiary/aromatic N) is 2. The fourth-order valence-corrected chi connectivity index (χ4v) is 6.26. The molecule has 0 radical (unpaired) electrons. The van der Waals surface area contributed by atoms with Crippen molar-refractivity contribution in [3.8, 4) is 0 Å². The molecule has 2 N–H and O–H groups in total. The number of para-hydroxylation sites is 2. The Labute approximate surface area is 245 Å². The van der Waals surface area contributed by atoms with E-state index in [-0.39, 0.29) is 23.6 Å². The van der Waals surface area contributed by atoms with Gasteiger partial charge in [0.15, 0.2) is 0 Å². The summed E-state index contributed by atoms with van der Waals surface area (Å²) in [4.78, 5) is 47.9. The molecule has 2 atom stereocenters. The summed E-state index contributed by atoms with van der Waals surface area (Å²) in [7, 11) is 0. The van der Waals surface area contributed by atoms with E-state index in [9.17, 15) is 18.8 Å². The monoisotopic (exact) mass is 578 g/mol. The second-order valence-electron chi connectivity index (χ2n) is 10.4. The summed E-state index contributed by atoms with van der Waals surface area (Å²) in [5.41, 5.74) is 4.61. The first-order chi connectivity index (χ1) is 20.4. The van der Waals surface area contributed by atoms with Gasteiger partial charge in [0.1, 0.15) is 17.9 Å². The van der Waals surface area contributed by atoms with Crippen LogP contribution in [0.1, 0.15) is 38.8 Å². The van der Waals surface area contributed by atoms with E-state index in [2.05, 4.69) is 10.3 Å². The number of carbonyl (C=O) groups is 3. The van der Waals surface area contributed by atoms with Crippen LogP contribution in [-0.2, 0) is 17.8 Å². The molecule has 4 aromatic carbocycles. The number of urea groups is 1. The van der Waals surface area contributed by atoms with Crippen LogP contribution in [0.2, 0.25) is 5.02 Å². The topological polar surface area (TPSA) is 85.5 Å². The van der Waals surface area contributed by atoms with Crippen LogP contribution < -0.4 is 10.2 Å². The van der Waals surface area contributed by atoms with Gasteiger partial charge in [-0.2, -0.15) is 0 Å². The van der Waals surface area contributed by atoms with Gasteiger partial charge in [-0.05, 0) is 59.2 Å². The first-order valence-corrected chi connectivity index (χ1v) is 13.9. The molecule has 3 heterocycles. The number of aromatic nitrogens is 1. The fourth-order valence-electron chi connectivity index (χ4n) is 6.06. The quantitative estimate of drug-likeness (QED) is 0.238. The lowest BCUT2D eigenvalue weighted by atomic mass is 9.89. The molecule has 2 unspecified atom stereocenters. The fraction of sp³-hybridized carbons (Fsp3) is 0.121. The molecule has 2 aliphatic rings. The number of anilines is 1. The molecule has 5 aromatic rings. The lowest BCUT2D eigenvalue weighted by Gasteiger charge is -2.36. The molecule has 7 rings (SSSR count). The van der Waals surface area contributed by atoms with Gasteiger partial charge in [-0.25, -0.2) is 14.1 Å². The third-order valence-electron chi connectivity index (χ3n) is 7.97. The molecule has 42 heavy (non-hydrogen) atoms. The predicted molar refractivity (Wildman–Crippen MR) is 158 cm³/mol. The summed E-state index contributed by atoms with van der Waals surface area (Å²) >= 11 is 6.39. The van der Waals surface area contributed by atoms with Crippen LogP contribution in [0.5, 0.6) is 0 Å². The van der Waals surface area contributed by atoms with Crippen LogP contribution in [-0.4, -0.2) is 33.8 Å².